The number of benzene rings is 2. The molecule has 1 saturated heterocycles. The van der Waals surface area contributed by atoms with Crippen molar-refractivity contribution < 1.29 is 17.9 Å². The molecule has 9 heteroatoms. The molecular weight excluding hydrogens is 428 g/mol. The molecule has 2 aliphatic heterocycles. The van der Waals surface area contributed by atoms with Gasteiger partial charge in [-0.1, -0.05) is 12.5 Å². The first-order chi connectivity index (χ1) is 15.5. The van der Waals surface area contributed by atoms with Crippen LogP contribution in [0, 0.1) is 0 Å². The average molecular weight is 455 g/mol. The molecule has 0 atom stereocenters. The van der Waals surface area contributed by atoms with Gasteiger partial charge in [0.15, 0.2) is 0 Å². The van der Waals surface area contributed by atoms with Gasteiger partial charge in [-0.05, 0) is 49.2 Å². The summed E-state index contributed by atoms with van der Waals surface area (Å²) in [6.45, 7) is 2.35. The van der Waals surface area contributed by atoms with Crippen LogP contribution in [0.5, 0.6) is 0 Å². The molecule has 1 fully saturated rings. The van der Waals surface area contributed by atoms with Crippen molar-refractivity contribution in [1.29, 1.82) is 0 Å². The van der Waals surface area contributed by atoms with Crippen LogP contribution in [-0.4, -0.2) is 54.5 Å². The van der Waals surface area contributed by atoms with E-state index in [-0.39, 0.29) is 10.8 Å². The monoisotopic (exact) mass is 454 g/mol. The molecule has 0 radical (unpaired) electrons. The van der Waals surface area contributed by atoms with Crippen molar-refractivity contribution >= 4 is 32.7 Å². The van der Waals surface area contributed by atoms with Gasteiger partial charge in [-0.3, -0.25) is 4.79 Å². The molecule has 1 aromatic heterocycles. The lowest BCUT2D eigenvalue weighted by atomic mass is 10.2. The van der Waals surface area contributed by atoms with E-state index in [9.17, 15) is 13.2 Å². The first kappa shape index (κ1) is 21.1. The van der Waals surface area contributed by atoms with Crippen LogP contribution in [0.3, 0.4) is 0 Å². The van der Waals surface area contributed by atoms with E-state index in [1.807, 2.05) is 18.2 Å². The van der Waals surface area contributed by atoms with Gasteiger partial charge in [0.2, 0.25) is 10.0 Å². The Hall–Kier alpha value is -2.75. The Balaban J connectivity index is 1.37. The van der Waals surface area contributed by atoms with Gasteiger partial charge >= 0.3 is 0 Å². The number of aryl methyl sites for hydroxylation is 2. The number of aromatic nitrogens is 2. The molecule has 32 heavy (non-hydrogen) atoms. The average Bonchev–Trinajstić information content (AvgIpc) is 2.99. The highest BCUT2D eigenvalue weighted by Crippen LogP contribution is 2.25. The molecule has 2 aliphatic rings. The number of morpholine rings is 1. The van der Waals surface area contributed by atoms with Crippen LogP contribution in [0.25, 0.3) is 11.0 Å². The van der Waals surface area contributed by atoms with E-state index in [0.717, 1.165) is 42.7 Å². The molecule has 0 bridgehead atoms. The third-order valence-electron chi connectivity index (χ3n) is 6.07. The number of nitrogens with zero attached hydrogens (tertiary/aromatic N) is 3. The minimum absolute atomic E-state index is 0.111. The molecule has 5 rings (SSSR count). The third kappa shape index (κ3) is 4.03. The fourth-order valence-electron chi connectivity index (χ4n) is 4.36. The Bertz CT molecular complexity index is 1260. The lowest BCUT2D eigenvalue weighted by Gasteiger charge is -2.26. The summed E-state index contributed by atoms with van der Waals surface area (Å²) in [5, 5.41) is 2.88. The maximum absolute atomic E-state index is 12.9. The summed E-state index contributed by atoms with van der Waals surface area (Å²) in [4.78, 5) is 17.8. The Morgan fingerprint density at radius 2 is 1.84 bits per heavy atom. The Labute approximate surface area is 187 Å². The summed E-state index contributed by atoms with van der Waals surface area (Å²) < 4.78 is 34.7. The largest absolute Gasteiger partial charge is 0.379 e. The first-order valence-electron chi connectivity index (χ1n) is 11.0. The second kappa shape index (κ2) is 8.65. The van der Waals surface area contributed by atoms with Crippen LogP contribution >= 0.6 is 0 Å². The number of amides is 1. The number of fused-ring (bicyclic) bond motifs is 3. The van der Waals surface area contributed by atoms with Gasteiger partial charge in [0, 0.05) is 37.3 Å². The van der Waals surface area contributed by atoms with Crippen molar-refractivity contribution in [3.8, 4) is 0 Å². The lowest BCUT2D eigenvalue weighted by molar-refractivity contribution is 0.0730. The van der Waals surface area contributed by atoms with Crippen molar-refractivity contribution in [2.24, 2.45) is 0 Å². The number of imidazole rings is 1. The van der Waals surface area contributed by atoms with Gasteiger partial charge in [0.05, 0.1) is 29.1 Å². The maximum atomic E-state index is 12.9. The van der Waals surface area contributed by atoms with Crippen molar-refractivity contribution in [1.82, 2.24) is 13.9 Å². The van der Waals surface area contributed by atoms with Gasteiger partial charge in [0.1, 0.15) is 5.82 Å². The molecule has 8 nitrogen and oxygen atoms in total. The molecular formula is C23H26N4O4S. The SMILES string of the molecule is O=C(Nc1ccc2c(c1)nc1n2CCCCC1)c1cccc(S(=O)(=O)N2CCOCC2)c1. The zero-order valence-electron chi connectivity index (χ0n) is 17.8. The number of nitrogens with one attached hydrogen (secondary N) is 1. The summed E-state index contributed by atoms with van der Waals surface area (Å²) >= 11 is 0. The predicted octanol–water partition coefficient (Wildman–Crippen LogP) is 3.04. The predicted molar refractivity (Wildman–Crippen MR) is 121 cm³/mol. The number of ether oxygens (including phenoxy) is 1. The minimum Gasteiger partial charge on any atom is -0.379 e. The van der Waals surface area contributed by atoms with Crippen LogP contribution in [0.4, 0.5) is 5.69 Å². The second-order valence-corrected chi connectivity index (χ2v) is 10.1. The van der Waals surface area contributed by atoms with E-state index in [2.05, 4.69) is 9.88 Å². The standard InChI is InChI=1S/C23H26N4O4S/c28-23(17-5-4-6-19(15-17)32(29,30)26-11-13-31-14-12-26)24-18-8-9-21-20(16-18)25-22-7-2-1-3-10-27(21)22/h4-6,8-9,15-16H,1-3,7,10-14H2,(H,24,28). The second-order valence-electron chi connectivity index (χ2n) is 8.19. The number of hydrogen-bond acceptors (Lipinski definition) is 5. The third-order valence-corrected chi connectivity index (χ3v) is 7.97. The van der Waals surface area contributed by atoms with E-state index in [4.69, 9.17) is 9.72 Å². The van der Waals surface area contributed by atoms with Gasteiger partial charge in [-0.15, -0.1) is 0 Å². The van der Waals surface area contributed by atoms with Gasteiger partial charge in [0.25, 0.3) is 5.91 Å². The van der Waals surface area contributed by atoms with Gasteiger partial charge in [-0.2, -0.15) is 4.31 Å². The molecule has 0 unspecified atom stereocenters. The molecule has 1 amide bonds. The van der Waals surface area contributed by atoms with E-state index < -0.39 is 10.0 Å². The highest BCUT2D eigenvalue weighted by Gasteiger charge is 2.27. The van der Waals surface area contributed by atoms with Crippen molar-refractivity contribution in [3.05, 3.63) is 53.9 Å². The molecule has 1 N–H and O–H groups in total. The van der Waals surface area contributed by atoms with Crippen molar-refractivity contribution in [3.63, 3.8) is 0 Å². The molecule has 2 aromatic carbocycles. The quantitative estimate of drug-likeness (QED) is 0.654. The fourth-order valence-corrected chi connectivity index (χ4v) is 5.82. The van der Waals surface area contributed by atoms with Gasteiger partial charge in [-0.25, -0.2) is 13.4 Å². The van der Waals surface area contributed by atoms with Crippen molar-refractivity contribution in [2.45, 2.75) is 37.1 Å². The highest BCUT2D eigenvalue weighted by molar-refractivity contribution is 7.89. The molecule has 3 aromatic rings. The summed E-state index contributed by atoms with van der Waals surface area (Å²) in [7, 11) is -3.66. The summed E-state index contributed by atoms with van der Waals surface area (Å²) in [5.74, 6) is 0.742. The minimum atomic E-state index is -3.66. The Morgan fingerprint density at radius 3 is 2.69 bits per heavy atom. The van der Waals surface area contributed by atoms with E-state index in [1.165, 1.54) is 22.9 Å². The van der Waals surface area contributed by atoms with E-state index >= 15 is 0 Å². The summed E-state index contributed by atoms with van der Waals surface area (Å²) in [6.07, 6.45) is 4.50. The van der Waals surface area contributed by atoms with Crippen LogP contribution in [0.1, 0.15) is 35.4 Å². The van der Waals surface area contributed by atoms with Crippen LogP contribution < -0.4 is 5.32 Å². The van der Waals surface area contributed by atoms with Crippen molar-refractivity contribution in [2.75, 3.05) is 31.6 Å². The zero-order valence-corrected chi connectivity index (χ0v) is 18.6. The Kier molecular flexibility index (Phi) is 5.71. The fraction of sp³-hybridized carbons (Fsp3) is 0.391. The Morgan fingerprint density at radius 1 is 1.00 bits per heavy atom. The molecule has 168 valence electrons. The molecule has 0 spiro atoms. The number of hydrogen-bond donors (Lipinski definition) is 1. The zero-order chi connectivity index (χ0) is 22.1. The topological polar surface area (TPSA) is 93.5 Å². The molecule has 0 saturated carbocycles. The van der Waals surface area contributed by atoms with E-state index in [1.54, 1.807) is 12.1 Å². The van der Waals surface area contributed by atoms with Crippen LogP contribution in [-0.2, 0) is 27.7 Å². The normalized spacial score (nSPS) is 17.6. The number of anilines is 1. The van der Waals surface area contributed by atoms with Crippen LogP contribution in [0.15, 0.2) is 47.4 Å². The maximum Gasteiger partial charge on any atom is 0.255 e. The molecule has 0 aliphatic carbocycles. The molecule has 3 heterocycles. The number of carbonyl (C=O) groups is 1. The first-order valence-corrected chi connectivity index (χ1v) is 12.4. The number of sulfonamides is 1. The smallest absolute Gasteiger partial charge is 0.255 e. The lowest BCUT2D eigenvalue weighted by Crippen LogP contribution is -2.40. The highest BCUT2D eigenvalue weighted by atomic mass is 32.2. The van der Waals surface area contributed by atoms with E-state index in [0.29, 0.717) is 37.6 Å². The summed E-state index contributed by atoms with van der Waals surface area (Å²) in [5.41, 5.74) is 2.87. The van der Waals surface area contributed by atoms with Gasteiger partial charge < -0.3 is 14.6 Å². The number of carbonyl (C=O) groups excluding carboxylic acids is 1. The number of rotatable bonds is 4. The summed E-state index contributed by atoms with van der Waals surface area (Å²) in [6, 6.07) is 11.9. The van der Waals surface area contributed by atoms with Crippen LogP contribution in [0.2, 0.25) is 0 Å².